The summed E-state index contributed by atoms with van der Waals surface area (Å²) in [6.45, 7) is 6.03. The lowest BCUT2D eigenvalue weighted by molar-refractivity contribution is -0.132. The first-order chi connectivity index (χ1) is 18.5. The minimum Gasteiger partial charge on any atom is -0.507 e. The van der Waals surface area contributed by atoms with Gasteiger partial charge in [0.15, 0.2) is 0 Å². The molecular weight excluding hydrogens is 498 g/mol. The van der Waals surface area contributed by atoms with E-state index in [0.717, 1.165) is 5.56 Å². The molecule has 0 spiro atoms. The minimum absolute atomic E-state index is 0.0991. The first-order valence-corrected chi connectivity index (χ1v) is 12.3. The van der Waals surface area contributed by atoms with Crippen molar-refractivity contribution in [2.24, 2.45) is 0 Å². The Bertz CT molecular complexity index is 1480. The van der Waals surface area contributed by atoms with Crippen molar-refractivity contribution in [3.05, 3.63) is 94.6 Å². The van der Waals surface area contributed by atoms with Gasteiger partial charge in [-0.05, 0) is 47.9 Å². The lowest BCUT2D eigenvalue weighted by Gasteiger charge is -2.27. The molecule has 1 saturated heterocycles. The number of hydrogen-bond acceptors (Lipinski definition) is 7. The van der Waals surface area contributed by atoms with E-state index in [2.05, 4.69) is 0 Å². The van der Waals surface area contributed by atoms with Gasteiger partial charge in [0.1, 0.15) is 17.3 Å². The maximum absolute atomic E-state index is 13.6. The van der Waals surface area contributed by atoms with Crippen LogP contribution in [0.25, 0.3) is 5.76 Å². The van der Waals surface area contributed by atoms with Gasteiger partial charge < -0.3 is 19.3 Å². The zero-order valence-corrected chi connectivity index (χ0v) is 22.8. The summed E-state index contributed by atoms with van der Waals surface area (Å²) in [7, 11) is 4.32. The summed E-state index contributed by atoms with van der Waals surface area (Å²) in [5.74, 6) is -1.56. The van der Waals surface area contributed by atoms with Gasteiger partial charge in [-0.15, -0.1) is 0 Å². The van der Waals surface area contributed by atoms with Crippen molar-refractivity contribution in [1.82, 2.24) is 0 Å². The predicted molar refractivity (Wildman–Crippen MR) is 147 cm³/mol. The number of nitrogens with zero attached hydrogens (tertiary/aromatic N) is 1. The van der Waals surface area contributed by atoms with E-state index < -0.39 is 23.7 Å². The highest BCUT2D eigenvalue weighted by Gasteiger charge is 2.48. The number of anilines is 1. The smallest absolute Gasteiger partial charge is 0.337 e. The number of methoxy groups -OCH3 is 3. The summed E-state index contributed by atoms with van der Waals surface area (Å²) in [5, 5.41) is 11.6. The third-order valence-electron chi connectivity index (χ3n) is 6.70. The molecule has 8 heteroatoms. The molecule has 1 unspecified atom stereocenters. The van der Waals surface area contributed by atoms with E-state index in [4.69, 9.17) is 14.2 Å². The Hall–Kier alpha value is -4.59. The van der Waals surface area contributed by atoms with Gasteiger partial charge in [-0.3, -0.25) is 14.5 Å². The van der Waals surface area contributed by atoms with Crippen molar-refractivity contribution in [3.63, 3.8) is 0 Å². The van der Waals surface area contributed by atoms with E-state index >= 15 is 0 Å². The van der Waals surface area contributed by atoms with Crippen LogP contribution in [0.2, 0.25) is 0 Å². The Labute approximate surface area is 227 Å². The number of Topliss-reactive ketones (excluding diaryl/α,β-unsaturated/α-hetero) is 1. The summed E-state index contributed by atoms with van der Waals surface area (Å²) in [6, 6.07) is 17.3. The average Bonchev–Trinajstić information content (AvgIpc) is 3.21. The zero-order chi connectivity index (χ0) is 28.5. The van der Waals surface area contributed by atoms with E-state index in [-0.39, 0.29) is 22.3 Å². The molecule has 3 aromatic rings. The summed E-state index contributed by atoms with van der Waals surface area (Å²) >= 11 is 0. The van der Waals surface area contributed by atoms with E-state index in [1.165, 1.54) is 25.2 Å². The summed E-state index contributed by atoms with van der Waals surface area (Å²) in [5.41, 5.74) is 1.75. The van der Waals surface area contributed by atoms with Crippen LogP contribution in [-0.2, 0) is 19.7 Å². The van der Waals surface area contributed by atoms with Crippen LogP contribution in [0.15, 0.2) is 72.3 Å². The quantitative estimate of drug-likeness (QED) is 0.197. The fourth-order valence-electron chi connectivity index (χ4n) is 4.78. The zero-order valence-electron chi connectivity index (χ0n) is 22.8. The number of carbonyl (C=O) groups excluding carboxylic acids is 3. The molecule has 1 N–H and O–H groups in total. The van der Waals surface area contributed by atoms with Crippen molar-refractivity contribution >= 4 is 29.1 Å². The summed E-state index contributed by atoms with van der Waals surface area (Å²) in [4.78, 5) is 40.7. The Morgan fingerprint density at radius 2 is 1.54 bits per heavy atom. The highest BCUT2D eigenvalue weighted by molar-refractivity contribution is 6.51. The van der Waals surface area contributed by atoms with Crippen LogP contribution < -0.4 is 14.4 Å². The fraction of sp³-hybridized carbons (Fsp3) is 0.258. The highest BCUT2D eigenvalue weighted by atomic mass is 16.5. The van der Waals surface area contributed by atoms with E-state index in [1.54, 1.807) is 67.8 Å². The van der Waals surface area contributed by atoms with Crippen molar-refractivity contribution in [2.75, 3.05) is 26.2 Å². The van der Waals surface area contributed by atoms with Gasteiger partial charge in [0.05, 0.1) is 38.5 Å². The molecule has 1 heterocycles. The molecule has 1 aliphatic heterocycles. The number of carbonyl (C=O) groups is 3. The third kappa shape index (κ3) is 4.97. The molecule has 1 atom stereocenters. The monoisotopic (exact) mass is 529 g/mol. The van der Waals surface area contributed by atoms with Gasteiger partial charge in [0.2, 0.25) is 0 Å². The van der Waals surface area contributed by atoms with Gasteiger partial charge in [0, 0.05) is 22.4 Å². The molecule has 0 saturated carbocycles. The average molecular weight is 530 g/mol. The number of hydrogen-bond donors (Lipinski definition) is 1. The van der Waals surface area contributed by atoms with Crippen LogP contribution in [0.5, 0.6) is 11.5 Å². The summed E-state index contributed by atoms with van der Waals surface area (Å²) < 4.78 is 15.9. The van der Waals surface area contributed by atoms with Gasteiger partial charge >= 0.3 is 5.97 Å². The first-order valence-electron chi connectivity index (χ1n) is 12.3. The van der Waals surface area contributed by atoms with Crippen LogP contribution in [0.4, 0.5) is 5.69 Å². The highest BCUT2D eigenvalue weighted by Crippen LogP contribution is 2.45. The summed E-state index contributed by atoms with van der Waals surface area (Å²) in [6.07, 6.45) is 0. The molecular formula is C31H31NO7. The number of aliphatic hydroxyl groups is 1. The Morgan fingerprint density at radius 1 is 0.846 bits per heavy atom. The van der Waals surface area contributed by atoms with Crippen LogP contribution >= 0.6 is 0 Å². The molecule has 4 rings (SSSR count). The Morgan fingerprint density at radius 3 is 2.18 bits per heavy atom. The van der Waals surface area contributed by atoms with Gasteiger partial charge in [0.25, 0.3) is 11.7 Å². The molecule has 1 aliphatic rings. The molecule has 3 aromatic carbocycles. The molecule has 39 heavy (non-hydrogen) atoms. The molecule has 0 aromatic heterocycles. The third-order valence-corrected chi connectivity index (χ3v) is 6.70. The van der Waals surface area contributed by atoms with Gasteiger partial charge in [-0.2, -0.15) is 0 Å². The number of rotatable bonds is 6. The number of esters is 1. The molecule has 202 valence electrons. The van der Waals surface area contributed by atoms with Gasteiger partial charge in [-0.25, -0.2) is 4.79 Å². The van der Waals surface area contributed by atoms with E-state index in [1.807, 2.05) is 20.8 Å². The molecule has 0 radical (unpaired) electrons. The number of ketones is 1. The number of ether oxygens (including phenoxy) is 3. The SMILES string of the molecule is COC(=O)c1cccc(N2C(=O)C(=O)/C(=C(/O)c3ccc(OC)c(C(C)(C)C)c3)C2c2ccccc2OC)c1. The molecule has 1 fully saturated rings. The van der Waals surface area contributed by atoms with E-state index in [9.17, 15) is 19.5 Å². The lowest BCUT2D eigenvalue weighted by atomic mass is 9.84. The van der Waals surface area contributed by atoms with Crippen LogP contribution in [0.3, 0.4) is 0 Å². The van der Waals surface area contributed by atoms with Crippen LogP contribution in [0, 0.1) is 0 Å². The molecule has 1 amide bonds. The fourth-order valence-corrected chi connectivity index (χ4v) is 4.78. The van der Waals surface area contributed by atoms with Crippen LogP contribution in [-0.4, -0.2) is 44.1 Å². The second-order valence-corrected chi connectivity index (χ2v) is 10.1. The number of para-hydroxylation sites is 1. The largest absolute Gasteiger partial charge is 0.507 e. The molecule has 0 aliphatic carbocycles. The second-order valence-electron chi connectivity index (χ2n) is 10.1. The topological polar surface area (TPSA) is 102 Å². The lowest BCUT2D eigenvalue weighted by Crippen LogP contribution is -2.29. The minimum atomic E-state index is -1.03. The predicted octanol–water partition coefficient (Wildman–Crippen LogP) is 5.41. The van der Waals surface area contributed by atoms with Crippen molar-refractivity contribution in [3.8, 4) is 11.5 Å². The van der Waals surface area contributed by atoms with Gasteiger partial charge in [-0.1, -0.05) is 45.0 Å². The second kappa shape index (κ2) is 10.6. The first kappa shape index (κ1) is 27.4. The van der Waals surface area contributed by atoms with Crippen molar-refractivity contribution in [2.45, 2.75) is 32.2 Å². The maximum atomic E-state index is 13.6. The van der Waals surface area contributed by atoms with Crippen molar-refractivity contribution in [1.29, 1.82) is 0 Å². The van der Waals surface area contributed by atoms with E-state index in [0.29, 0.717) is 28.3 Å². The number of aliphatic hydroxyl groups excluding tert-OH is 1. The Balaban J connectivity index is 2.00. The molecule has 0 bridgehead atoms. The normalized spacial score (nSPS) is 16.8. The van der Waals surface area contributed by atoms with Crippen molar-refractivity contribution < 1.29 is 33.7 Å². The van der Waals surface area contributed by atoms with Crippen LogP contribution in [0.1, 0.15) is 53.9 Å². The number of amides is 1. The maximum Gasteiger partial charge on any atom is 0.337 e. The standard InChI is InChI=1S/C31H31NO7/c1-31(2,3)22-17-18(14-15-24(22)38-5)27(33)25-26(21-12-7-8-13-23(21)37-4)32(29(35)28(25)34)20-11-9-10-19(16-20)30(36)39-6/h7-17,26,33H,1-6H3/b27-25+. The Kier molecular flexibility index (Phi) is 7.49. The molecule has 8 nitrogen and oxygen atoms in total. The number of benzene rings is 3.